The van der Waals surface area contributed by atoms with Gasteiger partial charge >= 0.3 is 10.4 Å². The van der Waals surface area contributed by atoms with Gasteiger partial charge in [0.05, 0.1) is 31.8 Å². The Balaban J connectivity index is 0.000000215. The van der Waals surface area contributed by atoms with Crippen LogP contribution in [0.3, 0.4) is 0 Å². The van der Waals surface area contributed by atoms with Crippen LogP contribution in [0.1, 0.15) is 46.3 Å². The molecule has 3 aliphatic rings. The number of carbonyl (C=O) groups is 1. The van der Waals surface area contributed by atoms with Crippen molar-refractivity contribution in [2.45, 2.75) is 58.3 Å². The molecular weight excluding hydrogens is 1010 g/mol. The lowest BCUT2D eigenvalue weighted by Crippen LogP contribution is -2.27. The van der Waals surface area contributed by atoms with Crippen molar-refractivity contribution in [3.05, 3.63) is 178 Å². The van der Waals surface area contributed by atoms with Crippen LogP contribution in [0.2, 0.25) is 0 Å². The molecule has 3 aromatic carbocycles. The molecule has 3 saturated heterocycles. The Kier molecular flexibility index (Phi) is 22.8. The summed E-state index contributed by atoms with van der Waals surface area (Å²) in [6.07, 6.45) is 8.39. The van der Waals surface area contributed by atoms with Gasteiger partial charge in [-0.3, -0.25) is 13.9 Å². The Morgan fingerprint density at radius 2 is 1.07 bits per heavy atom. The highest BCUT2D eigenvalue weighted by molar-refractivity contribution is 7.79. The number of nitrogens with zero attached hydrogens (tertiary/aromatic N) is 7. The van der Waals surface area contributed by atoms with Crippen LogP contribution in [0, 0.1) is 57.2 Å². The van der Waals surface area contributed by atoms with Gasteiger partial charge in [-0.25, -0.2) is 42.2 Å². The quantitative estimate of drug-likeness (QED) is 0.0604. The van der Waals surface area contributed by atoms with Gasteiger partial charge in [-0.2, -0.15) is 8.42 Å². The summed E-state index contributed by atoms with van der Waals surface area (Å²) in [7, 11) is -4.67. The van der Waals surface area contributed by atoms with Crippen LogP contribution < -0.4 is 35.1 Å². The van der Waals surface area contributed by atoms with E-state index in [0.717, 1.165) is 85.4 Å². The summed E-state index contributed by atoms with van der Waals surface area (Å²) in [5.41, 5.74) is 10.3. The molecule has 74 heavy (non-hydrogen) atoms. The summed E-state index contributed by atoms with van der Waals surface area (Å²) < 4.78 is 100. The van der Waals surface area contributed by atoms with E-state index in [2.05, 4.69) is 34.9 Å². The van der Waals surface area contributed by atoms with E-state index in [1.165, 1.54) is 24.3 Å². The number of rotatable bonds is 9. The van der Waals surface area contributed by atoms with Crippen molar-refractivity contribution in [3.63, 3.8) is 0 Å². The summed E-state index contributed by atoms with van der Waals surface area (Å²) in [4.78, 5) is 34.4. The second-order valence-corrected chi connectivity index (χ2v) is 17.5. The van der Waals surface area contributed by atoms with Gasteiger partial charge in [0.15, 0.2) is 0 Å². The second kappa shape index (κ2) is 28.6. The van der Waals surface area contributed by atoms with E-state index in [0.29, 0.717) is 48.9 Å². The van der Waals surface area contributed by atoms with Crippen LogP contribution in [0.25, 0.3) is 9.69 Å². The molecule has 0 radical (unpaired) electrons. The van der Waals surface area contributed by atoms with Crippen molar-refractivity contribution in [1.29, 1.82) is 0 Å². The SMILES string of the molecule is Cc1ccc(O[C@@H]2CCN(c3ccc(F)cc3C(N)=O)C2)nc1.Cc1ccc(O[C@@H]2CCNC2)nc1.Cl.O=S(=O)(O)O.[C-]#[N+]c1cc(F)ccc1F.[C-]#[N+]c1cc(F)ccc1N1CC[C@@H](Oc2ccc(C)cn2)C1. The standard InChI is InChI=1S/C17H18FN3O2.C17H16FN3O.C10H14N2O.C7H3F2N.ClH.H2O4S/c1-11-2-5-16(20-9-11)23-13-6-7-21(10-13)15-4-3-12(18)8-14(15)17(19)22;1-12-3-6-17(20-10-12)22-14-7-8-21(11-14)16-5-4-13(18)9-15(16)19-2;1-8-2-3-10(12-6-8)13-9-4-5-11-7-9;1-10-7-4-5(8)2-3-6(7)9;;1-5(2,3)4/h2-5,8-9,13H,6-7,10H2,1H3,(H2,19,22);3-6,9-10,14H,7-8,11H2,1H3;2-3,6,9,11H,4-5,7H2,1H3;2-4H;1H;(H2,1,2,3,4)/t13-;14-;9-;;;/m111.../s1. The molecule has 3 aliphatic heterocycles. The maximum absolute atomic E-state index is 13.3. The van der Waals surface area contributed by atoms with Crippen molar-refractivity contribution in [2.24, 2.45) is 5.73 Å². The van der Waals surface area contributed by atoms with E-state index < -0.39 is 33.8 Å². The van der Waals surface area contributed by atoms with Gasteiger partial charge in [-0.15, -0.1) is 12.4 Å². The average Bonchev–Trinajstić information content (AvgIpc) is 4.16. The smallest absolute Gasteiger partial charge is 0.394 e. The summed E-state index contributed by atoms with van der Waals surface area (Å²) >= 11 is 0. The van der Waals surface area contributed by atoms with Gasteiger partial charge in [-0.05, 0) is 105 Å². The molecule has 3 atom stereocenters. The zero-order chi connectivity index (χ0) is 53.1. The molecule has 1 amide bonds. The summed E-state index contributed by atoms with van der Waals surface area (Å²) in [5, 5.41) is 3.25. The maximum Gasteiger partial charge on any atom is 0.394 e. The molecule has 6 aromatic rings. The molecular formula is C51H54ClF4N9O8S. The fraction of sp³-hybridized carbons (Fsp3) is 0.294. The number of halogens is 5. The maximum atomic E-state index is 13.3. The molecule has 392 valence electrons. The van der Waals surface area contributed by atoms with Crippen LogP contribution in [0.4, 0.5) is 40.3 Å². The number of hydrogen-bond acceptors (Lipinski definition) is 12. The number of anilines is 2. The Hall–Kier alpha value is -7.60. The van der Waals surface area contributed by atoms with Crippen molar-refractivity contribution in [3.8, 4) is 17.6 Å². The molecule has 23 heteroatoms. The molecule has 17 nitrogen and oxygen atoms in total. The first kappa shape index (κ1) is 59.0. The number of amides is 1. The molecule has 3 fully saturated rings. The third-order valence-corrected chi connectivity index (χ3v) is 10.8. The zero-order valence-electron chi connectivity index (χ0n) is 40.4. The molecule has 0 bridgehead atoms. The lowest BCUT2D eigenvalue weighted by Gasteiger charge is -2.21. The number of ether oxygens (including phenoxy) is 3. The monoisotopic (exact) mass is 1060 g/mol. The number of aryl methyl sites for hydroxylation is 3. The van der Waals surface area contributed by atoms with Crippen LogP contribution in [0.15, 0.2) is 110 Å². The first-order valence-electron chi connectivity index (χ1n) is 22.5. The number of aromatic nitrogens is 3. The highest BCUT2D eigenvalue weighted by atomic mass is 35.5. The second-order valence-electron chi connectivity index (χ2n) is 16.6. The summed E-state index contributed by atoms with van der Waals surface area (Å²) in [5.74, 6) is -0.838. The normalized spacial score (nSPS) is 16.3. The highest BCUT2D eigenvalue weighted by Crippen LogP contribution is 2.33. The van der Waals surface area contributed by atoms with Gasteiger partial charge in [0.25, 0.3) is 5.91 Å². The summed E-state index contributed by atoms with van der Waals surface area (Å²) in [6.45, 7) is 24.3. The fourth-order valence-corrected chi connectivity index (χ4v) is 7.31. The molecule has 0 saturated carbocycles. The van der Waals surface area contributed by atoms with Crippen LogP contribution >= 0.6 is 12.4 Å². The number of benzene rings is 3. The minimum atomic E-state index is -4.67. The number of primary amides is 1. The van der Waals surface area contributed by atoms with E-state index in [4.69, 9.17) is 50.6 Å². The van der Waals surface area contributed by atoms with Gasteiger partial charge in [0, 0.05) is 80.6 Å². The van der Waals surface area contributed by atoms with Gasteiger partial charge in [0.2, 0.25) is 29.0 Å². The molecule has 3 aromatic heterocycles. The topological polar surface area (TPSA) is 211 Å². The first-order valence-corrected chi connectivity index (χ1v) is 23.9. The third kappa shape index (κ3) is 19.8. The van der Waals surface area contributed by atoms with E-state index in [9.17, 15) is 22.4 Å². The Morgan fingerprint density at radius 3 is 1.47 bits per heavy atom. The predicted octanol–water partition coefficient (Wildman–Crippen LogP) is 9.44. The molecule has 5 N–H and O–H groups in total. The first-order chi connectivity index (χ1) is 34.8. The molecule has 0 aliphatic carbocycles. The van der Waals surface area contributed by atoms with Crippen LogP contribution in [-0.2, 0) is 10.4 Å². The largest absolute Gasteiger partial charge is 0.473 e. The van der Waals surface area contributed by atoms with E-state index >= 15 is 0 Å². The lowest BCUT2D eigenvalue weighted by molar-refractivity contribution is 0.1000. The number of hydrogen-bond donors (Lipinski definition) is 4. The Labute approximate surface area is 433 Å². The molecule has 9 rings (SSSR count). The van der Waals surface area contributed by atoms with Crippen LogP contribution in [0.5, 0.6) is 17.6 Å². The number of nitrogens with two attached hydrogens (primary N) is 1. The fourth-order valence-electron chi connectivity index (χ4n) is 7.31. The van der Waals surface area contributed by atoms with Crippen molar-refractivity contribution < 1.29 is 54.1 Å². The Morgan fingerprint density at radius 1 is 0.649 bits per heavy atom. The number of nitrogens with one attached hydrogen (secondary N) is 1. The van der Waals surface area contributed by atoms with Crippen molar-refractivity contribution >= 4 is 51.5 Å². The van der Waals surface area contributed by atoms with E-state index in [1.807, 2.05) is 68.3 Å². The van der Waals surface area contributed by atoms with Crippen molar-refractivity contribution in [2.75, 3.05) is 49.1 Å². The minimum Gasteiger partial charge on any atom is -0.473 e. The predicted molar refractivity (Wildman–Crippen MR) is 273 cm³/mol. The minimum absolute atomic E-state index is 0. The van der Waals surface area contributed by atoms with E-state index in [1.54, 1.807) is 24.5 Å². The lowest BCUT2D eigenvalue weighted by atomic mass is 10.1. The Bertz CT molecular complexity index is 2960. The van der Waals surface area contributed by atoms with Crippen molar-refractivity contribution in [1.82, 2.24) is 20.3 Å². The third-order valence-electron chi connectivity index (χ3n) is 10.8. The molecule has 0 spiro atoms. The van der Waals surface area contributed by atoms with Crippen LogP contribution in [-0.4, -0.2) is 96.0 Å². The number of carbonyl (C=O) groups excluding carboxylic acids is 1. The van der Waals surface area contributed by atoms with Gasteiger partial charge in [-0.1, -0.05) is 18.2 Å². The highest BCUT2D eigenvalue weighted by Gasteiger charge is 2.28. The van der Waals surface area contributed by atoms with E-state index in [-0.39, 0.29) is 41.7 Å². The van der Waals surface area contributed by atoms with Gasteiger partial charge in [0.1, 0.15) is 41.6 Å². The average molecular weight is 1060 g/mol. The number of pyridine rings is 3. The summed E-state index contributed by atoms with van der Waals surface area (Å²) in [6, 6.07) is 22.7. The molecule has 6 heterocycles. The molecule has 0 unspecified atom stereocenters. The zero-order valence-corrected chi connectivity index (χ0v) is 42.0. The van der Waals surface area contributed by atoms with Gasteiger partial charge < -0.3 is 35.1 Å².